The molecule has 1 unspecified atom stereocenters. The second-order valence-electron chi connectivity index (χ2n) is 8.32. The van der Waals surface area contributed by atoms with Crippen LogP contribution in [0, 0.1) is 12.8 Å². The number of aryl methyl sites for hydroxylation is 2. The molecule has 0 saturated carbocycles. The first-order chi connectivity index (χ1) is 14.0. The molecule has 0 aliphatic heterocycles. The molecule has 1 aliphatic rings. The minimum Gasteiger partial charge on any atom is -0.302 e. The maximum atomic E-state index is 13.7. The van der Waals surface area contributed by atoms with E-state index in [0.717, 1.165) is 60.5 Å². The molecule has 1 aliphatic carbocycles. The summed E-state index contributed by atoms with van der Waals surface area (Å²) in [6, 6.07) is 8.35. The fraction of sp³-hybridized carbons (Fsp3) is 0.500. The van der Waals surface area contributed by atoms with E-state index in [2.05, 4.69) is 56.9 Å². The number of thiophene rings is 1. The molecular weight excluding hydrogens is 378 g/mol. The van der Waals surface area contributed by atoms with Crippen molar-refractivity contribution in [3.05, 3.63) is 50.6 Å². The topological polar surface area (TPSA) is 38.1 Å². The zero-order valence-corrected chi connectivity index (χ0v) is 18.8. The van der Waals surface area contributed by atoms with Crippen LogP contribution in [0.2, 0.25) is 0 Å². The van der Waals surface area contributed by atoms with Crippen LogP contribution in [0.15, 0.2) is 29.1 Å². The van der Waals surface area contributed by atoms with Crippen LogP contribution in [0.4, 0.5) is 0 Å². The Hall–Kier alpha value is -1.98. The molecule has 0 saturated heterocycles. The largest absolute Gasteiger partial charge is 0.302 e. The van der Waals surface area contributed by atoms with E-state index in [9.17, 15) is 4.79 Å². The van der Waals surface area contributed by atoms with E-state index in [1.165, 1.54) is 16.0 Å². The van der Waals surface area contributed by atoms with Crippen molar-refractivity contribution in [1.82, 2.24) is 14.5 Å². The summed E-state index contributed by atoms with van der Waals surface area (Å²) in [4.78, 5) is 23.5. The first-order valence-electron chi connectivity index (χ1n) is 10.9. The summed E-state index contributed by atoms with van der Waals surface area (Å²) in [7, 11) is 0. The van der Waals surface area contributed by atoms with Crippen molar-refractivity contribution < 1.29 is 0 Å². The molecule has 1 aromatic carbocycles. The molecule has 0 spiro atoms. The summed E-state index contributed by atoms with van der Waals surface area (Å²) in [5.74, 6) is 1.50. The average Bonchev–Trinajstić information content (AvgIpc) is 3.07. The van der Waals surface area contributed by atoms with Gasteiger partial charge in [-0.25, -0.2) is 4.98 Å². The van der Waals surface area contributed by atoms with Gasteiger partial charge in [0.2, 0.25) is 0 Å². The molecule has 4 nitrogen and oxygen atoms in total. The van der Waals surface area contributed by atoms with Crippen molar-refractivity contribution in [2.75, 3.05) is 19.6 Å². The van der Waals surface area contributed by atoms with Crippen molar-refractivity contribution in [2.24, 2.45) is 5.92 Å². The lowest BCUT2D eigenvalue weighted by molar-refractivity contribution is 0.289. The summed E-state index contributed by atoms with van der Waals surface area (Å²) in [6.07, 6.45) is 3.25. The van der Waals surface area contributed by atoms with E-state index in [4.69, 9.17) is 4.98 Å². The van der Waals surface area contributed by atoms with Gasteiger partial charge < -0.3 is 4.90 Å². The number of benzene rings is 1. The second kappa shape index (κ2) is 8.41. The highest BCUT2D eigenvalue weighted by Crippen LogP contribution is 2.36. The van der Waals surface area contributed by atoms with Gasteiger partial charge >= 0.3 is 0 Å². The smallest absolute Gasteiger partial charge is 0.262 e. The molecule has 5 heteroatoms. The predicted molar refractivity (Wildman–Crippen MR) is 123 cm³/mol. The molecule has 0 amide bonds. The monoisotopic (exact) mass is 409 g/mol. The molecule has 2 heterocycles. The Balaban J connectivity index is 1.89. The molecule has 154 valence electrons. The SMILES string of the molecule is CCN(CC)CCn1c(-c2cccc(C)c2)nc2sc3c(c2c1=O)CCC(C)C3. The average molecular weight is 410 g/mol. The molecule has 4 rings (SSSR count). The highest BCUT2D eigenvalue weighted by molar-refractivity contribution is 7.18. The van der Waals surface area contributed by atoms with Gasteiger partial charge in [0.25, 0.3) is 5.56 Å². The Morgan fingerprint density at radius 2 is 2.07 bits per heavy atom. The van der Waals surface area contributed by atoms with E-state index >= 15 is 0 Å². The number of hydrogen-bond donors (Lipinski definition) is 0. The van der Waals surface area contributed by atoms with Gasteiger partial charge in [0, 0.05) is 23.5 Å². The summed E-state index contributed by atoms with van der Waals surface area (Å²) in [5, 5.41) is 0.882. The van der Waals surface area contributed by atoms with Crippen LogP contribution in [0.25, 0.3) is 21.6 Å². The molecule has 0 bridgehead atoms. The molecule has 1 atom stereocenters. The van der Waals surface area contributed by atoms with E-state index in [-0.39, 0.29) is 5.56 Å². The third kappa shape index (κ3) is 3.90. The van der Waals surface area contributed by atoms with E-state index < -0.39 is 0 Å². The first-order valence-corrected chi connectivity index (χ1v) is 11.7. The Bertz CT molecular complexity index is 1080. The van der Waals surface area contributed by atoms with Crippen LogP contribution in [0.3, 0.4) is 0 Å². The van der Waals surface area contributed by atoms with Gasteiger partial charge in [-0.3, -0.25) is 9.36 Å². The predicted octanol–water partition coefficient (Wildman–Crippen LogP) is 4.90. The van der Waals surface area contributed by atoms with E-state index in [1.807, 2.05) is 4.57 Å². The minimum absolute atomic E-state index is 0.144. The van der Waals surface area contributed by atoms with Crippen LogP contribution in [0.5, 0.6) is 0 Å². The molecule has 0 N–H and O–H groups in total. The summed E-state index contributed by atoms with van der Waals surface area (Å²) in [5.41, 5.74) is 3.63. The number of likely N-dealkylation sites (N-methyl/N-ethyl adjacent to an activating group) is 1. The molecular formula is C24H31N3OS. The number of aromatic nitrogens is 2. The van der Waals surface area contributed by atoms with Crippen LogP contribution in [-0.4, -0.2) is 34.1 Å². The van der Waals surface area contributed by atoms with Crippen molar-refractivity contribution in [3.63, 3.8) is 0 Å². The second-order valence-corrected chi connectivity index (χ2v) is 9.40. The van der Waals surface area contributed by atoms with Crippen molar-refractivity contribution in [3.8, 4) is 11.4 Å². The lowest BCUT2D eigenvalue weighted by Crippen LogP contribution is -2.32. The molecule has 2 aromatic heterocycles. The normalized spacial score (nSPS) is 16.5. The third-order valence-electron chi connectivity index (χ3n) is 6.23. The zero-order valence-electron chi connectivity index (χ0n) is 18.0. The number of nitrogens with zero attached hydrogens (tertiary/aromatic N) is 3. The van der Waals surface area contributed by atoms with E-state index in [0.29, 0.717) is 12.5 Å². The summed E-state index contributed by atoms with van der Waals surface area (Å²) in [6.45, 7) is 12.3. The highest BCUT2D eigenvalue weighted by atomic mass is 32.1. The highest BCUT2D eigenvalue weighted by Gasteiger charge is 2.25. The standard InChI is InChI=1S/C24H31N3OS/c1-5-26(6-2)12-13-27-22(18-9-7-8-16(3)14-18)25-23-21(24(27)28)19-11-10-17(4)15-20(19)29-23/h7-9,14,17H,5-6,10-13,15H2,1-4H3. The van der Waals surface area contributed by atoms with Gasteiger partial charge in [0.05, 0.1) is 5.39 Å². The maximum Gasteiger partial charge on any atom is 0.262 e. The summed E-state index contributed by atoms with van der Waals surface area (Å²) < 4.78 is 1.93. The van der Waals surface area contributed by atoms with Crippen molar-refractivity contribution in [2.45, 2.75) is 53.5 Å². The first kappa shape index (κ1) is 20.3. The zero-order chi connectivity index (χ0) is 20.5. The fourth-order valence-electron chi connectivity index (χ4n) is 4.42. The lowest BCUT2D eigenvalue weighted by atomic mass is 9.89. The van der Waals surface area contributed by atoms with Crippen LogP contribution in [0.1, 0.15) is 43.2 Å². The van der Waals surface area contributed by atoms with Gasteiger partial charge in [0.1, 0.15) is 10.7 Å². The van der Waals surface area contributed by atoms with Gasteiger partial charge in [-0.05, 0) is 56.8 Å². The minimum atomic E-state index is 0.144. The fourth-order valence-corrected chi connectivity index (χ4v) is 5.79. The Kier molecular flexibility index (Phi) is 5.88. The van der Waals surface area contributed by atoms with Crippen molar-refractivity contribution in [1.29, 1.82) is 0 Å². The summed E-state index contributed by atoms with van der Waals surface area (Å²) >= 11 is 1.74. The van der Waals surface area contributed by atoms with E-state index in [1.54, 1.807) is 11.3 Å². The van der Waals surface area contributed by atoms with Gasteiger partial charge in [0.15, 0.2) is 0 Å². The van der Waals surface area contributed by atoms with Crippen LogP contribution in [-0.2, 0) is 19.4 Å². The Morgan fingerprint density at radius 1 is 1.28 bits per heavy atom. The molecule has 0 fully saturated rings. The number of rotatable bonds is 6. The molecule has 0 radical (unpaired) electrons. The van der Waals surface area contributed by atoms with Crippen LogP contribution >= 0.6 is 11.3 Å². The Morgan fingerprint density at radius 3 is 2.79 bits per heavy atom. The lowest BCUT2D eigenvalue weighted by Gasteiger charge is -2.20. The maximum absolute atomic E-state index is 13.7. The van der Waals surface area contributed by atoms with Gasteiger partial charge in [-0.15, -0.1) is 11.3 Å². The molecule has 29 heavy (non-hydrogen) atoms. The number of hydrogen-bond acceptors (Lipinski definition) is 4. The third-order valence-corrected chi connectivity index (χ3v) is 7.37. The van der Waals surface area contributed by atoms with Crippen molar-refractivity contribution >= 4 is 21.6 Å². The van der Waals surface area contributed by atoms with Gasteiger partial charge in [-0.1, -0.05) is 44.5 Å². The van der Waals surface area contributed by atoms with Crippen LogP contribution < -0.4 is 5.56 Å². The molecule has 3 aromatic rings. The number of fused-ring (bicyclic) bond motifs is 3. The van der Waals surface area contributed by atoms with Gasteiger partial charge in [-0.2, -0.15) is 0 Å². The Labute approximate surface area is 177 Å². The quantitative estimate of drug-likeness (QED) is 0.581.